The number of ether oxygens (including phenoxy) is 1. The van der Waals surface area contributed by atoms with Crippen LogP contribution in [0.2, 0.25) is 0 Å². The Bertz CT molecular complexity index is 1150. The number of amides is 3. The maximum absolute atomic E-state index is 14.2. The van der Waals surface area contributed by atoms with Gasteiger partial charge in [0.05, 0.1) is 0 Å². The number of benzene rings is 2. The van der Waals surface area contributed by atoms with Crippen molar-refractivity contribution in [1.29, 1.82) is 0 Å². The lowest BCUT2D eigenvalue weighted by Crippen LogP contribution is -2.54. The van der Waals surface area contributed by atoms with Crippen LogP contribution in [-0.4, -0.2) is 52.5 Å². The minimum Gasteiger partial charge on any atom is -0.444 e. The van der Waals surface area contributed by atoms with Gasteiger partial charge in [0.2, 0.25) is 5.91 Å². The molecule has 0 aromatic heterocycles. The van der Waals surface area contributed by atoms with Crippen molar-refractivity contribution in [2.45, 2.75) is 92.5 Å². The summed E-state index contributed by atoms with van der Waals surface area (Å²) in [6, 6.07) is 9.59. The smallest absolute Gasteiger partial charge is 0.408 e. The van der Waals surface area contributed by atoms with Crippen LogP contribution in [0.3, 0.4) is 0 Å². The summed E-state index contributed by atoms with van der Waals surface area (Å²) >= 11 is 1.59. The van der Waals surface area contributed by atoms with Crippen molar-refractivity contribution in [2.75, 3.05) is 17.3 Å². The van der Waals surface area contributed by atoms with E-state index >= 15 is 0 Å². The molecule has 0 aliphatic heterocycles. The zero-order chi connectivity index (χ0) is 29.5. The van der Waals surface area contributed by atoms with Gasteiger partial charge in [0, 0.05) is 11.7 Å². The number of carbonyl (C=O) groups is 3. The Morgan fingerprint density at radius 1 is 0.949 bits per heavy atom. The lowest BCUT2D eigenvalue weighted by Gasteiger charge is -2.37. The van der Waals surface area contributed by atoms with E-state index in [0.717, 1.165) is 27.9 Å². The maximum Gasteiger partial charge on any atom is 0.408 e. The highest BCUT2D eigenvalue weighted by molar-refractivity contribution is 7.98. The molecule has 2 unspecified atom stereocenters. The van der Waals surface area contributed by atoms with Gasteiger partial charge in [0.15, 0.2) is 0 Å². The van der Waals surface area contributed by atoms with Crippen LogP contribution in [0.15, 0.2) is 36.4 Å². The summed E-state index contributed by atoms with van der Waals surface area (Å²) in [4.78, 5) is 42.6. The van der Waals surface area contributed by atoms with Crippen molar-refractivity contribution in [2.24, 2.45) is 0 Å². The Kier molecular flexibility index (Phi) is 11.5. The van der Waals surface area contributed by atoms with Gasteiger partial charge in [-0.1, -0.05) is 36.4 Å². The van der Waals surface area contributed by atoms with Crippen LogP contribution in [0.25, 0.3) is 0 Å². The zero-order valence-corrected chi connectivity index (χ0v) is 25.9. The van der Waals surface area contributed by atoms with Gasteiger partial charge in [-0.3, -0.25) is 9.59 Å². The summed E-state index contributed by atoms with van der Waals surface area (Å²) in [5, 5.41) is 5.89. The van der Waals surface area contributed by atoms with Gasteiger partial charge in [-0.25, -0.2) is 4.79 Å². The molecule has 8 heteroatoms. The Labute approximate surface area is 238 Å². The molecule has 0 heterocycles. The molecule has 7 nitrogen and oxygen atoms in total. The van der Waals surface area contributed by atoms with Gasteiger partial charge >= 0.3 is 6.09 Å². The SMILES string of the molecule is CSCCC(NC(=O)OC(C)(C)C)C(=O)N(C(C)C)C(C(=O)Nc1c(C)cccc1C)c1ccc(C)c(C)c1. The normalized spacial score (nSPS) is 13.0. The maximum atomic E-state index is 14.2. The van der Waals surface area contributed by atoms with Crippen LogP contribution in [0.5, 0.6) is 0 Å². The molecule has 0 saturated carbocycles. The average Bonchev–Trinajstić information content (AvgIpc) is 2.82. The van der Waals surface area contributed by atoms with E-state index in [1.54, 1.807) is 37.4 Å². The van der Waals surface area contributed by atoms with Crippen molar-refractivity contribution in [1.82, 2.24) is 10.2 Å². The Morgan fingerprint density at radius 3 is 2.08 bits per heavy atom. The summed E-state index contributed by atoms with van der Waals surface area (Å²) in [6.07, 6.45) is 1.69. The number of hydrogen-bond donors (Lipinski definition) is 2. The number of rotatable bonds is 10. The highest BCUT2D eigenvalue weighted by Crippen LogP contribution is 2.30. The van der Waals surface area contributed by atoms with E-state index in [4.69, 9.17) is 4.74 Å². The highest BCUT2D eigenvalue weighted by Gasteiger charge is 2.38. The predicted octanol–water partition coefficient (Wildman–Crippen LogP) is 6.48. The first kappa shape index (κ1) is 32.2. The molecule has 39 heavy (non-hydrogen) atoms. The largest absolute Gasteiger partial charge is 0.444 e. The minimum atomic E-state index is -0.909. The van der Waals surface area contributed by atoms with Crippen LogP contribution >= 0.6 is 11.8 Å². The summed E-state index contributed by atoms with van der Waals surface area (Å²) in [5.41, 5.74) is 4.74. The lowest BCUT2D eigenvalue weighted by molar-refractivity contribution is -0.143. The Hall–Kier alpha value is -3.00. The number of nitrogens with zero attached hydrogens (tertiary/aromatic N) is 1. The third-order valence-electron chi connectivity index (χ3n) is 6.51. The second kappa shape index (κ2) is 13.9. The number of hydrogen-bond acceptors (Lipinski definition) is 5. The number of nitrogens with one attached hydrogen (secondary N) is 2. The van der Waals surface area contributed by atoms with Crippen molar-refractivity contribution in [3.63, 3.8) is 0 Å². The monoisotopic (exact) mass is 555 g/mol. The molecule has 0 aliphatic carbocycles. The van der Waals surface area contributed by atoms with E-state index < -0.39 is 23.8 Å². The molecule has 2 aromatic rings. The first-order chi connectivity index (χ1) is 18.2. The summed E-state index contributed by atoms with van der Waals surface area (Å²) in [5.74, 6) is 0.0181. The first-order valence-electron chi connectivity index (χ1n) is 13.4. The fourth-order valence-corrected chi connectivity index (χ4v) is 4.85. The minimum absolute atomic E-state index is 0.307. The number of para-hydroxylation sites is 1. The molecule has 0 saturated heterocycles. The third kappa shape index (κ3) is 9.02. The van der Waals surface area contributed by atoms with Crippen LogP contribution in [-0.2, 0) is 14.3 Å². The molecule has 3 amide bonds. The van der Waals surface area contributed by atoms with E-state index in [1.807, 2.05) is 84.2 Å². The summed E-state index contributed by atoms with van der Waals surface area (Å²) < 4.78 is 5.46. The van der Waals surface area contributed by atoms with Gasteiger partial charge in [-0.2, -0.15) is 11.8 Å². The van der Waals surface area contributed by atoms with Crippen molar-refractivity contribution in [3.8, 4) is 0 Å². The molecule has 0 bridgehead atoms. The molecular weight excluding hydrogens is 510 g/mol. The first-order valence-corrected chi connectivity index (χ1v) is 14.8. The molecular formula is C31H45N3O4S. The number of anilines is 1. The van der Waals surface area contributed by atoms with Crippen LogP contribution in [0, 0.1) is 27.7 Å². The lowest BCUT2D eigenvalue weighted by atomic mass is 9.96. The van der Waals surface area contributed by atoms with Crippen molar-refractivity contribution < 1.29 is 19.1 Å². The molecule has 2 atom stereocenters. The molecule has 0 aliphatic rings. The fraction of sp³-hybridized carbons (Fsp3) is 0.516. The Morgan fingerprint density at radius 2 is 1.56 bits per heavy atom. The topological polar surface area (TPSA) is 87.7 Å². The quantitative estimate of drug-likeness (QED) is 0.350. The van der Waals surface area contributed by atoms with Crippen molar-refractivity contribution >= 4 is 35.4 Å². The fourth-order valence-electron chi connectivity index (χ4n) is 4.38. The molecule has 0 fully saturated rings. The molecule has 2 aromatic carbocycles. The van der Waals surface area contributed by atoms with Crippen LogP contribution in [0.4, 0.5) is 10.5 Å². The molecule has 2 rings (SSSR count). The molecule has 2 N–H and O–H groups in total. The standard InChI is InChI=1S/C31H45N3O4S/c1-19(2)34(29(36)25(16-17-39-10)32-30(37)38-31(7,8)9)27(24-15-14-20(3)23(6)18-24)28(35)33-26-21(4)12-11-13-22(26)5/h11-15,18-19,25,27H,16-17H2,1-10H3,(H,32,37)(H,33,35). The van der Waals surface area contributed by atoms with Crippen molar-refractivity contribution in [3.05, 3.63) is 64.2 Å². The average molecular weight is 556 g/mol. The summed E-state index contributed by atoms with van der Waals surface area (Å²) in [7, 11) is 0. The van der Waals surface area contributed by atoms with E-state index in [9.17, 15) is 14.4 Å². The van der Waals surface area contributed by atoms with Gasteiger partial charge < -0.3 is 20.3 Å². The second-order valence-electron chi connectivity index (χ2n) is 11.3. The molecule has 0 spiro atoms. The van der Waals surface area contributed by atoms with Gasteiger partial charge in [0.25, 0.3) is 5.91 Å². The van der Waals surface area contributed by atoms with E-state index in [2.05, 4.69) is 10.6 Å². The number of alkyl carbamates (subject to hydrolysis) is 1. The highest BCUT2D eigenvalue weighted by atomic mass is 32.2. The Balaban J connectivity index is 2.58. The van der Waals surface area contributed by atoms with E-state index in [0.29, 0.717) is 17.7 Å². The molecule has 0 radical (unpaired) electrons. The zero-order valence-electron chi connectivity index (χ0n) is 25.1. The van der Waals surface area contributed by atoms with Crippen LogP contribution in [0.1, 0.15) is 74.9 Å². The number of aryl methyl sites for hydroxylation is 4. The number of carbonyl (C=O) groups excluding carboxylic acids is 3. The van der Waals surface area contributed by atoms with Gasteiger partial charge in [0.1, 0.15) is 17.7 Å². The van der Waals surface area contributed by atoms with Gasteiger partial charge in [-0.15, -0.1) is 0 Å². The summed E-state index contributed by atoms with van der Waals surface area (Å²) in [6.45, 7) is 17.0. The number of thioether (sulfide) groups is 1. The van der Waals surface area contributed by atoms with Crippen LogP contribution < -0.4 is 10.6 Å². The molecule has 214 valence electrons. The van der Waals surface area contributed by atoms with Gasteiger partial charge in [-0.05, 0) is 109 Å². The van der Waals surface area contributed by atoms with E-state index in [-0.39, 0.29) is 17.9 Å². The van der Waals surface area contributed by atoms with E-state index in [1.165, 1.54) is 0 Å². The third-order valence-corrected chi connectivity index (χ3v) is 7.16. The predicted molar refractivity (Wildman–Crippen MR) is 161 cm³/mol. The second-order valence-corrected chi connectivity index (χ2v) is 12.3.